The van der Waals surface area contributed by atoms with Gasteiger partial charge in [-0.1, -0.05) is 50.3 Å². The zero-order chi connectivity index (χ0) is 29.9. The zero-order valence-electron chi connectivity index (χ0n) is 24.1. The molecular formula is C29H42N4O7. The summed E-state index contributed by atoms with van der Waals surface area (Å²) < 4.78 is 10.3. The highest BCUT2D eigenvalue weighted by atomic mass is 16.6. The SMILES string of the molecule is CCOC(=O)C=CC(CC1CCNC1=O)NC(=O)C(NC(=O)C(NC(=O)OC(C)(C)C)C(C)C)c1ccccc1. The zero-order valence-corrected chi connectivity index (χ0v) is 24.1. The van der Waals surface area contributed by atoms with Crippen molar-refractivity contribution < 1.29 is 33.4 Å². The number of alkyl carbamates (subject to hydrolysis) is 1. The van der Waals surface area contributed by atoms with E-state index in [1.807, 2.05) is 0 Å². The minimum absolute atomic E-state index is 0.121. The Morgan fingerprint density at radius 2 is 1.73 bits per heavy atom. The maximum Gasteiger partial charge on any atom is 0.408 e. The van der Waals surface area contributed by atoms with Crippen LogP contribution in [0.1, 0.15) is 66.0 Å². The molecule has 4 unspecified atom stereocenters. The molecule has 0 bridgehead atoms. The molecule has 1 aliphatic rings. The smallest absolute Gasteiger partial charge is 0.408 e. The average molecular weight is 559 g/mol. The van der Waals surface area contributed by atoms with E-state index in [1.54, 1.807) is 71.9 Å². The second-order valence-electron chi connectivity index (χ2n) is 11.0. The van der Waals surface area contributed by atoms with E-state index in [9.17, 15) is 24.0 Å². The molecule has 11 nitrogen and oxygen atoms in total. The quantitative estimate of drug-likeness (QED) is 0.227. The van der Waals surface area contributed by atoms with Crippen molar-refractivity contribution in [2.45, 2.75) is 78.1 Å². The van der Waals surface area contributed by atoms with Crippen molar-refractivity contribution >= 4 is 29.8 Å². The molecule has 1 aliphatic heterocycles. The van der Waals surface area contributed by atoms with Crippen LogP contribution in [0.3, 0.4) is 0 Å². The maximum absolute atomic E-state index is 13.6. The summed E-state index contributed by atoms with van der Waals surface area (Å²) in [5, 5.41) is 11.0. The number of nitrogens with one attached hydrogen (secondary N) is 4. The van der Waals surface area contributed by atoms with Gasteiger partial charge in [0.2, 0.25) is 17.7 Å². The molecule has 1 aromatic rings. The fourth-order valence-electron chi connectivity index (χ4n) is 4.16. The molecule has 0 radical (unpaired) electrons. The summed E-state index contributed by atoms with van der Waals surface area (Å²) in [5.41, 5.74) is -0.239. The van der Waals surface area contributed by atoms with Crippen molar-refractivity contribution in [3.05, 3.63) is 48.0 Å². The lowest BCUT2D eigenvalue weighted by atomic mass is 9.97. The topological polar surface area (TPSA) is 152 Å². The van der Waals surface area contributed by atoms with Crippen molar-refractivity contribution in [2.75, 3.05) is 13.2 Å². The van der Waals surface area contributed by atoms with Crippen LogP contribution in [0, 0.1) is 11.8 Å². The van der Waals surface area contributed by atoms with Crippen LogP contribution in [0.2, 0.25) is 0 Å². The van der Waals surface area contributed by atoms with Crippen LogP contribution in [-0.2, 0) is 28.7 Å². The molecule has 0 spiro atoms. The number of carbonyl (C=O) groups excluding carboxylic acids is 5. The Bertz CT molecular complexity index is 1070. The van der Waals surface area contributed by atoms with E-state index in [-0.39, 0.29) is 30.8 Å². The fourth-order valence-corrected chi connectivity index (χ4v) is 4.16. The van der Waals surface area contributed by atoms with Crippen molar-refractivity contribution in [3.8, 4) is 0 Å². The first-order chi connectivity index (χ1) is 18.8. The largest absolute Gasteiger partial charge is 0.463 e. The van der Waals surface area contributed by atoms with Crippen LogP contribution < -0.4 is 21.3 Å². The number of hydrogen-bond donors (Lipinski definition) is 4. The lowest BCUT2D eigenvalue weighted by molar-refractivity contribution is -0.137. The Hall–Kier alpha value is -3.89. The second-order valence-corrected chi connectivity index (χ2v) is 11.0. The van der Waals surface area contributed by atoms with E-state index in [1.165, 1.54) is 12.2 Å². The highest BCUT2D eigenvalue weighted by Crippen LogP contribution is 2.19. The molecule has 40 heavy (non-hydrogen) atoms. The Balaban J connectivity index is 2.28. The van der Waals surface area contributed by atoms with Crippen LogP contribution in [-0.4, -0.2) is 60.6 Å². The van der Waals surface area contributed by atoms with E-state index in [4.69, 9.17) is 9.47 Å². The van der Waals surface area contributed by atoms with Crippen molar-refractivity contribution in [1.82, 2.24) is 21.3 Å². The molecule has 0 aromatic heterocycles. The van der Waals surface area contributed by atoms with Crippen LogP contribution in [0.5, 0.6) is 0 Å². The van der Waals surface area contributed by atoms with Gasteiger partial charge in [0.15, 0.2) is 0 Å². The number of hydrogen-bond acceptors (Lipinski definition) is 7. The van der Waals surface area contributed by atoms with Crippen molar-refractivity contribution in [3.63, 3.8) is 0 Å². The van der Waals surface area contributed by atoms with Gasteiger partial charge in [-0.2, -0.15) is 0 Å². The summed E-state index contributed by atoms with van der Waals surface area (Å²) in [5.74, 6) is -2.46. The van der Waals surface area contributed by atoms with E-state index >= 15 is 0 Å². The Morgan fingerprint density at radius 3 is 2.27 bits per heavy atom. The predicted molar refractivity (Wildman–Crippen MR) is 149 cm³/mol. The summed E-state index contributed by atoms with van der Waals surface area (Å²) in [6, 6.07) is 5.87. The van der Waals surface area contributed by atoms with Gasteiger partial charge in [-0.05, 0) is 52.0 Å². The third-order valence-electron chi connectivity index (χ3n) is 6.08. The van der Waals surface area contributed by atoms with Gasteiger partial charge in [-0.3, -0.25) is 14.4 Å². The van der Waals surface area contributed by atoms with Gasteiger partial charge in [0.25, 0.3) is 0 Å². The molecule has 11 heteroatoms. The first-order valence-corrected chi connectivity index (χ1v) is 13.6. The minimum Gasteiger partial charge on any atom is -0.463 e. The average Bonchev–Trinajstić information content (AvgIpc) is 3.27. The van der Waals surface area contributed by atoms with Gasteiger partial charge < -0.3 is 30.7 Å². The van der Waals surface area contributed by atoms with Crippen LogP contribution in [0.4, 0.5) is 4.79 Å². The molecule has 0 aliphatic carbocycles. The lowest BCUT2D eigenvalue weighted by Gasteiger charge is -2.28. The molecule has 1 saturated heterocycles. The van der Waals surface area contributed by atoms with E-state index < -0.39 is 47.6 Å². The molecule has 1 fully saturated rings. The Kier molecular flexibility index (Phi) is 12.2. The fraction of sp³-hybridized carbons (Fsp3) is 0.552. The molecule has 1 aromatic carbocycles. The van der Waals surface area contributed by atoms with Crippen LogP contribution in [0.25, 0.3) is 0 Å². The molecule has 4 N–H and O–H groups in total. The highest BCUT2D eigenvalue weighted by molar-refractivity contribution is 5.92. The van der Waals surface area contributed by atoms with Crippen LogP contribution in [0.15, 0.2) is 42.5 Å². The standard InChI is InChI=1S/C29H42N4O7/c1-7-39-22(34)14-13-21(17-20-15-16-30-25(20)35)31-27(37)24(19-11-9-8-10-12-19)32-26(36)23(18(2)3)33-28(38)40-29(4,5)6/h8-14,18,20-21,23-24H,7,15-17H2,1-6H3,(H,30,35)(H,31,37)(H,32,36)(H,33,38). The van der Waals surface area contributed by atoms with Crippen molar-refractivity contribution in [1.29, 1.82) is 0 Å². The summed E-state index contributed by atoms with van der Waals surface area (Å²) in [6.45, 7) is 11.1. The number of benzene rings is 1. The van der Waals surface area contributed by atoms with Gasteiger partial charge in [0, 0.05) is 24.6 Å². The number of amides is 4. The van der Waals surface area contributed by atoms with Crippen molar-refractivity contribution in [2.24, 2.45) is 11.8 Å². The molecule has 0 saturated carbocycles. The van der Waals surface area contributed by atoms with E-state index in [2.05, 4.69) is 21.3 Å². The Morgan fingerprint density at radius 1 is 1.05 bits per heavy atom. The first-order valence-electron chi connectivity index (χ1n) is 13.6. The molecule has 4 amide bonds. The first kappa shape index (κ1) is 32.3. The third kappa shape index (κ3) is 10.7. The van der Waals surface area contributed by atoms with Gasteiger partial charge >= 0.3 is 12.1 Å². The molecule has 4 atom stereocenters. The van der Waals surface area contributed by atoms with Gasteiger partial charge in [0.05, 0.1) is 6.61 Å². The van der Waals surface area contributed by atoms with E-state index in [0.717, 1.165) is 0 Å². The highest BCUT2D eigenvalue weighted by Gasteiger charge is 2.33. The Labute approximate surface area is 235 Å². The normalized spacial score (nSPS) is 17.5. The third-order valence-corrected chi connectivity index (χ3v) is 6.08. The van der Waals surface area contributed by atoms with E-state index in [0.29, 0.717) is 18.5 Å². The summed E-state index contributed by atoms with van der Waals surface area (Å²) in [4.78, 5) is 63.6. The molecule has 1 heterocycles. The molecular weight excluding hydrogens is 516 g/mol. The summed E-state index contributed by atoms with van der Waals surface area (Å²) in [6.07, 6.45) is 2.83. The number of esters is 1. The number of rotatable bonds is 12. The molecule has 220 valence electrons. The minimum atomic E-state index is -1.12. The predicted octanol–water partition coefficient (Wildman–Crippen LogP) is 2.52. The lowest BCUT2D eigenvalue weighted by Crippen LogP contribution is -2.53. The second kappa shape index (κ2) is 15.0. The molecule has 2 rings (SSSR count). The van der Waals surface area contributed by atoms with Gasteiger partial charge in [-0.25, -0.2) is 9.59 Å². The number of carbonyl (C=O) groups is 5. The van der Waals surface area contributed by atoms with Gasteiger partial charge in [-0.15, -0.1) is 0 Å². The summed E-state index contributed by atoms with van der Waals surface area (Å²) >= 11 is 0. The monoisotopic (exact) mass is 558 g/mol. The van der Waals surface area contributed by atoms with Crippen LogP contribution >= 0.6 is 0 Å². The summed E-state index contributed by atoms with van der Waals surface area (Å²) in [7, 11) is 0. The maximum atomic E-state index is 13.6. The number of ether oxygens (including phenoxy) is 2. The van der Waals surface area contributed by atoms with Gasteiger partial charge in [0.1, 0.15) is 17.7 Å².